The second-order valence-electron chi connectivity index (χ2n) is 6.46. The van der Waals surface area contributed by atoms with Gasteiger partial charge in [-0.15, -0.1) is 0 Å². The number of carboxylic acid groups (broad SMARTS) is 1. The van der Waals surface area contributed by atoms with Gasteiger partial charge in [-0.3, -0.25) is 14.8 Å². The van der Waals surface area contributed by atoms with Crippen molar-refractivity contribution in [2.75, 3.05) is 18.9 Å². The Morgan fingerprint density at radius 1 is 1.43 bits per heavy atom. The first-order chi connectivity index (χ1) is 10.9. The van der Waals surface area contributed by atoms with Crippen LogP contribution in [0.2, 0.25) is 0 Å². The standard InChI is InChI=1S/C16H26N4O3/c1-11(15(21)22)10-19(3)16(23)17-14-9-12(2)20(18-14)13-7-5-4-6-8-13/h9,11,13H,4-8,10H2,1-3H3,(H,21,22)(H,17,18,23). The lowest BCUT2D eigenvalue weighted by Crippen LogP contribution is -2.36. The van der Waals surface area contributed by atoms with Crippen LogP contribution in [-0.2, 0) is 4.79 Å². The second kappa shape index (κ2) is 7.48. The number of urea groups is 1. The number of carbonyl (C=O) groups excluding carboxylic acids is 1. The summed E-state index contributed by atoms with van der Waals surface area (Å²) >= 11 is 0. The van der Waals surface area contributed by atoms with Gasteiger partial charge in [-0.2, -0.15) is 5.10 Å². The highest BCUT2D eigenvalue weighted by Gasteiger charge is 2.21. The Kier molecular flexibility index (Phi) is 5.63. The van der Waals surface area contributed by atoms with Gasteiger partial charge in [0.2, 0.25) is 0 Å². The molecule has 0 aromatic carbocycles. The van der Waals surface area contributed by atoms with Gasteiger partial charge < -0.3 is 10.0 Å². The number of carboxylic acids is 1. The van der Waals surface area contributed by atoms with Crippen molar-refractivity contribution in [3.05, 3.63) is 11.8 Å². The van der Waals surface area contributed by atoms with E-state index in [9.17, 15) is 9.59 Å². The van der Waals surface area contributed by atoms with Crippen LogP contribution in [0.1, 0.15) is 50.8 Å². The van der Waals surface area contributed by atoms with Crippen molar-refractivity contribution >= 4 is 17.8 Å². The van der Waals surface area contributed by atoms with Crippen LogP contribution in [0.4, 0.5) is 10.6 Å². The van der Waals surface area contributed by atoms with Crippen molar-refractivity contribution in [2.24, 2.45) is 5.92 Å². The van der Waals surface area contributed by atoms with Gasteiger partial charge in [0.15, 0.2) is 5.82 Å². The van der Waals surface area contributed by atoms with Gasteiger partial charge in [0.25, 0.3) is 0 Å². The summed E-state index contributed by atoms with van der Waals surface area (Å²) in [5.41, 5.74) is 1.04. The molecule has 0 bridgehead atoms. The molecule has 2 rings (SSSR count). The Bertz CT molecular complexity index is 564. The fourth-order valence-corrected chi connectivity index (χ4v) is 3.02. The predicted octanol–water partition coefficient (Wildman–Crippen LogP) is 2.88. The second-order valence-corrected chi connectivity index (χ2v) is 6.46. The van der Waals surface area contributed by atoms with E-state index in [1.54, 1.807) is 14.0 Å². The zero-order valence-corrected chi connectivity index (χ0v) is 14.1. The number of carbonyl (C=O) groups is 2. The number of nitrogens with one attached hydrogen (secondary N) is 1. The lowest BCUT2D eigenvalue weighted by atomic mass is 9.95. The summed E-state index contributed by atoms with van der Waals surface area (Å²) in [5, 5.41) is 16.2. The molecule has 2 amide bonds. The van der Waals surface area contributed by atoms with Crippen molar-refractivity contribution < 1.29 is 14.7 Å². The van der Waals surface area contributed by atoms with E-state index in [1.807, 2.05) is 17.7 Å². The highest BCUT2D eigenvalue weighted by Crippen LogP contribution is 2.29. The summed E-state index contributed by atoms with van der Waals surface area (Å²) < 4.78 is 2.01. The number of aromatic nitrogens is 2. The summed E-state index contributed by atoms with van der Waals surface area (Å²) in [4.78, 5) is 24.4. The molecule has 1 heterocycles. The van der Waals surface area contributed by atoms with Gasteiger partial charge in [-0.25, -0.2) is 4.79 Å². The minimum atomic E-state index is -0.915. The Morgan fingerprint density at radius 3 is 2.70 bits per heavy atom. The summed E-state index contributed by atoms with van der Waals surface area (Å²) in [6, 6.07) is 1.94. The molecule has 1 unspecified atom stereocenters. The van der Waals surface area contributed by atoms with Gasteiger partial charge in [-0.1, -0.05) is 26.2 Å². The number of aliphatic carboxylic acids is 1. The normalized spacial score (nSPS) is 16.8. The predicted molar refractivity (Wildman–Crippen MR) is 87.5 cm³/mol. The van der Waals surface area contributed by atoms with Crippen molar-refractivity contribution in [3.8, 4) is 0 Å². The molecule has 0 spiro atoms. The van der Waals surface area contributed by atoms with Gasteiger partial charge in [0.1, 0.15) is 0 Å². The van der Waals surface area contributed by atoms with E-state index in [2.05, 4.69) is 10.4 Å². The number of aryl methyl sites for hydroxylation is 1. The molecule has 7 heteroatoms. The maximum absolute atomic E-state index is 12.1. The molecule has 1 aromatic heterocycles. The molecule has 23 heavy (non-hydrogen) atoms. The van der Waals surface area contributed by atoms with Crippen LogP contribution in [0.15, 0.2) is 6.07 Å². The lowest BCUT2D eigenvalue weighted by molar-refractivity contribution is -0.141. The molecular formula is C16H26N4O3. The smallest absolute Gasteiger partial charge is 0.322 e. The highest BCUT2D eigenvalue weighted by molar-refractivity contribution is 5.88. The molecule has 2 N–H and O–H groups in total. The first-order valence-corrected chi connectivity index (χ1v) is 8.19. The number of hydrogen-bond acceptors (Lipinski definition) is 3. The number of anilines is 1. The van der Waals surface area contributed by atoms with Crippen molar-refractivity contribution in [2.45, 2.75) is 52.0 Å². The number of rotatable bonds is 5. The van der Waals surface area contributed by atoms with Gasteiger partial charge >= 0.3 is 12.0 Å². The van der Waals surface area contributed by atoms with Crippen LogP contribution in [0.3, 0.4) is 0 Å². The molecule has 0 saturated heterocycles. The Balaban J connectivity index is 1.97. The third kappa shape index (κ3) is 4.46. The quantitative estimate of drug-likeness (QED) is 0.872. The Hall–Kier alpha value is -2.05. The van der Waals surface area contributed by atoms with Crippen molar-refractivity contribution in [3.63, 3.8) is 0 Å². The first-order valence-electron chi connectivity index (χ1n) is 8.19. The molecule has 7 nitrogen and oxygen atoms in total. The van der Waals surface area contributed by atoms with Crippen LogP contribution >= 0.6 is 0 Å². The highest BCUT2D eigenvalue weighted by atomic mass is 16.4. The summed E-state index contributed by atoms with van der Waals surface area (Å²) in [7, 11) is 1.58. The minimum absolute atomic E-state index is 0.156. The van der Waals surface area contributed by atoms with E-state index in [0.717, 1.165) is 18.5 Å². The summed E-state index contributed by atoms with van der Waals surface area (Å²) in [6.45, 7) is 3.73. The molecule has 1 fully saturated rings. The average Bonchev–Trinajstić information content (AvgIpc) is 2.88. The van der Waals surface area contributed by atoms with E-state index < -0.39 is 11.9 Å². The number of hydrogen-bond donors (Lipinski definition) is 2. The van der Waals surface area contributed by atoms with Gasteiger partial charge in [0.05, 0.1) is 12.0 Å². The van der Waals surface area contributed by atoms with Crippen LogP contribution in [0, 0.1) is 12.8 Å². The van der Waals surface area contributed by atoms with Gasteiger partial charge in [-0.05, 0) is 19.8 Å². The van der Waals surface area contributed by atoms with Crippen LogP contribution < -0.4 is 5.32 Å². The fourth-order valence-electron chi connectivity index (χ4n) is 3.02. The molecule has 1 aliphatic rings. The van der Waals surface area contributed by atoms with E-state index in [-0.39, 0.29) is 12.6 Å². The SMILES string of the molecule is Cc1cc(NC(=O)N(C)CC(C)C(=O)O)nn1C1CCCCC1. The molecule has 1 saturated carbocycles. The van der Waals surface area contributed by atoms with Gasteiger partial charge in [0, 0.05) is 25.4 Å². The Morgan fingerprint density at radius 2 is 2.09 bits per heavy atom. The molecular weight excluding hydrogens is 296 g/mol. The van der Waals surface area contributed by atoms with Crippen molar-refractivity contribution in [1.82, 2.24) is 14.7 Å². The van der Waals surface area contributed by atoms with Crippen LogP contribution in [0.25, 0.3) is 0 Å². The fraction of sp³-hybridized carbons (Fsp3) is 0.688. The summed E-state index contributed by atoms with van der Waals surface area (Å²) in [5.74, 6) is -0.998. The first kappa shape index (κ1) is 17.3. The molecule has 1 aromatic rings. The molecule has 1 atom stereocenters. The van der Waals surface area contributed by atoms with E-state index in [1.165, 1.54) is 24.2 Å². The monoisotopic (exact) mass is 322 g/mol. The maximum Gasteiger partial charge on any atom is 0.322 e. The van der Waals surface area contributed by atoms with E-state index in [4.69, 9.17) is 5.11 Å². The molecule has 1 aliphatic carbocycles. The minimum Gasteiger partial charge on any atom is -0.481 e. The molecule has 128 valence electrons. The third-order valence-corrected chi connectivity index (χ3v) is 4.39. The van der Waals surface area contributed by atoms with Crippen LogP contribution in [-0.4, -0.2) is 45.4 Å². The third-order valence-electron chi connectivity index (χ3n) is 4.39. The zero-order valence-electron chi connectivity index (χ0n) is 14.1. The molecule has 0 aliphatic heterocycles. The van der Waals surface area contributed by atoms with Crippen LogP contribution in [0.5, 0.6) is 0 Å². The van der Waals surface area contributed by atoms with Crippen molar-refractivity contribution in [1.29, 1.82) is 0 Å². The Labute approximate surface area is 136 Å². The molecule has 0 radical (unpaired) electrons. The van der Waals surface area contributed by atoms with E-state index in [0.29, 0.717) is 11.9 Å². The number of amides is 2. The average molecular weight is 322 g/mol. The topological polar surface area (TPSA) is 87.5 Å². The lowest BCUT2D eigenvalue weighted by Gasteiger charge is -2.23. The largest absolute Gasteiger partial charge is 0.481 e. The maximum atomic E-state index is 12.1. The van der Waals surface area contributed by atoms with E-state index >= 15 is 0 Å². The zero-order chi connectivity index (χ0) is 17.0. The number of nitrogens with zero attached hydrogens (tertiary/aromatic N) is 3. The summed E-state index contributed by atoms with van der Waals surface area (Å²) in [6.07, 6.45) is 5.99.